The molecular formula is C26H40O3. The van der Waals surface area contributed by atoms with Crippen LogP contribution in [-0.2, 0) is 4.79 Å². The van der Waals surface area contributed by atoms with Gasteiger partial charge in [0, 0.05) is 6.42 Å². The van der Waals surface area contributed by atoms with E-state index in [2.05, 4.69) is 26.7 Å². The highest BCUT2D eigenvalue weighted by molar-refractivity contribution is 5.94. The molecule has 4 rings (SSSR count). The first-order valence-corrected chi connectivity index (χ1v) is 12.1. The zero-order valence-electron chi connectivity index (χ0n) is 18.6. The molecule has 162 valence electrons. The zero-order chi connectivity index (χ0) is 21.0. The number of aliphatic hydroxyl groups excluding tert-OH is 2. The number of rotatable bonds is 4. The Morgan fingerprint density at radius 2 is 1.76 bits per heavy atom. The van der Waals surface area contributed by atoms with E-state index in [0.717, 1.165) is 32.1 Å². The van der Waals surface area contributed by atoms with Crippen molar-refractivity contribution < 1.29 is 15.0 Å². The second kappa shape index (κ2) is 7.69. The maximum atomic E-state index is 11.6. The van der Waals surface area contributed by atoms with Crippen molar-refractivity contribution in [1.29, 1.82) is 0 Å². The Labute approximate surface area is 177 Å². The van der Waals surface area contributed by atoms with E-state index in [1.807, 2.05) is 0 Å². The third kappa shape index (κ3) is 3.39. The molecule has 0 aromatic rings. The van der Waals surface area contributed by atoms with Crippen LogP contribution in [0.5, 0.6) is 0 Å². The van der Waals surface area contributed by atoms with Gasteiger partial charge in [0.1, 0.15) is 0 Å². The SMILES string of the molecule is C#CC(=O)CC[C@@H](C)[C@H]1CC[C@H]2[C@@H]3[C@H](O)C[C@@H]4C[C@H](O)CC[C@]4(C)[C@H]3CC[C@]12C. The second-order valence-electron chi connectivity index (χ2n) is 11.5. The van der Waals surface area contributed by atoms with Gasteiger partial charge in [-0.3, -0.25) is 4.79 Å². The van der Waals surface area contributed by atoms with Crippen LogP contribution in [0.4, 0.5) is 0 Å². The van der Waals surface area contributed by atoms with Crippen LogP contribution in [0.25, 0.3) is 0 Å². The monoisotopic (exact) mass is 400 g/mol. The first-order valence-electron chi connectivity index (χ1n) is 12.1. The maximum absolute atomic E-state index is 11.6. The molecule has 2 N–H and O–H groups in total. The highest BCUT2D eigenvalue weighted by atomic mass is 16.3. The normalized spacial score (nSPS) is 50.0. The lowest BCUT2D eigenvalue weighted by molar-refractivity contribution is -0.174. The Kier molecular flexibility index (Phi) is 5.67. The lowest BCUT2D eigenvalue weighted by Gasteiger charge is -2.62. The van der Waals surface area contributed by atoms with Gasteiger partial charge in [-0.15, -0.1) is 6.42 Å². The van der Waals surface area contributed by atoms with Crippen molar-refractivity contribution in [3.05, 3.63) is 0 Å². The Balaban J connectivity index is 1.53. The molecule has 0 amide bonds. The number of carbonyl (C=O) groups excluding carboxylic acids is 1. The van der Waals surface area contributed by atoms with E-state index >= 15 is 0 Å². The molecule has 0 aliphatic heterocycles. The molecule has 0 spiro atoms. The second-order valence-corrected chi connectivity index (χ2v) is 11.5. The molecule has 4 aliphatic carbocycles. The molecule has 3 heteroatoms. The van der Waals surface area contributed by atoms with E-state index in [9.17, 15) is 15.0 Å². The Hall–Kier alpha value is -0.850. The van der Waals surface area contributed by atoms with Gasteiger partial charge in [0.25, 0.3) is 0 Å². The van der Waals surface area contributed by atoms with Crippen LogP contribution in [0.1, 0.15) is 85.0 Å². The average molecular weight is 401 g/mol. The standard InChI is InChI=1S/C26H40O3/c1-5-18(27)7-6-16(2)20-8-9-21-24-22(11-13-26(20,21)4)25(3)12-10-19(28)14-17(25)15-23(24)29/h1,16-17,19-24,28-29H,6-15H2,2-4H3/t16-,17+,19-,20-,21+,22+,23-,24+,25+,26-/m1/s1. The van der Waals surface area contributed by atoms with Gasteiger partial charge < -0.3 is 10.2 Å². The fourth-order valence-electron chi connectivity index (χ4n) is 8.81. The summed E-state index contributed by atoms with van der Waals surface area (Å²) >= 11 is 0. The molecule has 3 nitrogen and oxygen atoms in total. The molecule has 0 heterocycles. The van der Waals surface area contributed by atoms with E-state index < -0.39 is 0 Å². The molecule has 0 aromatic carbocycles. The minimum atomic E-state index is -0.218. The number of hydrogen-bond acceptors (Lipinski definition) is 3. The van der Waals surface area contributed by atoms with Crippen molar-refractivity contribution in [3.8, 4) is 12.3 Å². The summed E-state index contributed by atoms with van der Waals surface area (Å²) < 4.78 is 0. The third-order valence-electron chi connectivity index (χ3n) is 10.4. The molecule has 0 unspecified atom stereocenters. The highest BCUT2D eigenvalue weighted by Gasteiger charge is 2.62. The molecule has 29 heavy (non-hydrogen) atoms. The summed E-state index contributed by atoms with van der Waals surface area (Å²) in [6, 6.07) is 0. The van der Waals surface area contributed by atoms with Gasteiger partial charge in [0.2, 0.25) is 5.78 Å². The van der Waals surface area contributed by atoms with Crippen molar-refractivity contribution in [2.24, 2.45) is 46.3 Å². The predicted octanol–water partition coefficient (Wildman–Crippen LogP) is 4.60. The average Bonchev–Trinajstić information content (AvgIpc) is 3.04. The first kappa shape index (κ1) is 21.4. The van der Waals surface area contributed by atoms with Gasteiger partial charge in [-0.2, -0.15) is 0 Å². The van der Waals surface area contributed by atoms with Crippen molar-refractivity contribution in [2.45, 2.75) is 97.2 Å². The fourth-order valence-corrected chi connectivity index (χ4v) is 8.81. The minimum Gasteiger partial charge on any atom is -0.393 e. The number of terminal acetylenes is 1. The number of hydrogen-bond donors (Lipinski definition) is 2. The molecule has 0 aromatic heterocycles. The van der Waals surface area contributed by atoms with Crippen LogP contribution >= 0.6 is 0 Å². The van der Waals surface area contributed by atoms with Gasteiger partial charge in [-0.1, -0.05) is 20.8 Å². The van der Waals surface area contributed by atoms with Gasteiger partial charge in [-0.25, -0.2) is 0 Å². The summed E-state index contributed by atoms with van der Waals surface area (Å²) in [5.41, 5.74) is 0.561. The lowest BCUT2D eigenvalue weighted by Crippen LogP contribution is -2.58. The third-order valence-corrected chi connectivity index (χ3v) is 10.4. The van der Waals surface area contributed by atoms with Crippen molar-refractivity contribution in [2.75, 3.05) is 0 Å². The van der Waals surface area contributed by atoms with Crippen LogP contribution in [0.2, 0.25) is 0 Å². The number of carbonyl (C=O) groups is 1. The molecule has 4 saturated carbocycles. The van der Waals surface area contributed by atoms with E-state index in [-0.39, 0.29) is 28.8 Å². The van der Waals surface area contributed by atoms with Crippen LogP contribution in [-0.4, -0.2) is 28.2 Å². The summed E-state index contributed by atoms with van der Waals surface area (Å²) in [5.74, 6) is 5.40. The Morgan fingerprint density at radius 3 is 2.48 bits per heavy atom. The number of fused-ring (bicyclic) bond motifs is 5. The van der Waals surface area contributed by atoms with Crippen molar-refractivity contribution >= 4 is 5.78 Å². The maximum Gasteiger partial charge on any atom is 0.205 e. The smallest absolute Gasteiger partial charge is 0.205 e. The topological polar surface area (TPSA) is 57.5 Å². The summed E-state index contributed by atoms with van der Waals surface area (Å²) in [5, 5.41) is 21.5. The Morgan fingerprint density at radius 1 is 1.07 bits per heavy atom. The van der Waals surface area contributed by atoms with Crippen LogP contribution in [0.3, 0.4) is 0 Å². The van der Waals surface area contributed by atoms with E-state index in [4.69, 9.17) is 6.42 Å². The molecule has 0 saturated heterocycles. The van der Waals surface area contributed by atoms with Gasteiger partial charge in [-0.05, 0) is 110 Å². The molecule has 0 radical (unpaired) electrons. The van der Waals surface area contributed by atoms with E-state index in [0.29, 0.717) is 41.9 Å². The molecule has 4 aliphatic rings. The van der Waals surface area contributed by atoms with Crippen LogP contribution in [0.15, 0.2) is 0 Å². The van der Waals surface area contributed by atoms with E-state index in [1.54, 1.807) is 0 Å². The summed E-state index contributed by atoms with van der Waals surface area (Å²) in [4.78, 5) is 11.6. The summed E-state index contributed by atoms with van der Waals surface area (Å²) in [6.07, 6.45) is 15.0. The molecule has 0 bridgehead atoms. The fraction of sp³-hybridized carbons (Fsp3) is 0.885. The number of ketones is 1. The number of aliphatic hydroxyl groups is 2. The van der Waals surface area contributed by atoms with E-state index in [1.165, 1.54) is 25.7 Å². The minimum absolute atomic E-state index is 0.0681. The molecule has 10 atom stereocenters. The molecule has 4 fully saturated rings. The van der Waals surface area contributed by atoms with Crippen molar-refractivity contribution in [3.63, 3.8) is 0 Å². The largest absolute Gasteiger partial charge is 0.393 e. The zero-order valence-corrected chi connectivity index (χ0v) is 18.6. The van der Waals surface area contributed by atoms with Gasteiger partial charge >= 0.3 is 0 Å². The lowest BCUT2D eigenvalue weighted by atomic mass is 9.43. The van der Waals surface area contributed by atoms with Crippen LogP contribution in [0, 0.1) is 58.7 Å². The highest BCUT2D eigenvalue weighted by Crippen LogP contribution is 2.68. The summed E-state index contributed by atoms with van der Waals surface area (Å²) in [7, 11) is 0. The summed E-state index contributed by atoms with van der Waals surface area (Å²) in [6.45, 7) is 7.26. The van der Waals surface area contributed by atoms with Crippen LogP contribution < -0.4 is 0 Å². The van der Waals surface area contributed by atoms with Crippen molar-refractivity contribution in [1.82, 2.24) is 0 Å². The Bertz CT molecular complexity index is 680. The quantitative estimate of drug-likeness (QED) is 0.536. The number of Topliss-reactive ketones (excluding diaryl/α,β-unsaturated/α-hetero) is 1. The van der Waals surface area contributed by atoms with Gasteiger partial charge in [0.05, 0.1) is 12.2 Å². The van der Waals surface area contributed by atoms with Gasteiger partial charge in [0.15, 0.2) is 0 Å². The molecular weight excluding hydrogens is 360 g/mol. The first-order chi connectivity index (χ1) is 13.7. The predicted molar refractivity (Wildman–Crippen MR) is 115 cm³/mol.